The standard InChI is InChI=1S/C79H133NO19Si3/c1-22-37-86-75(84)80-45-67-64(99-102(20,21)78(12,13)14)43-62(97-100(16,17)76(6,7)8)57(90-67)30-27-51(46-81)25-23-24-26-52(82)40-61-63(98-101(18,19)77(9,10)11)44-66-69(93-61)50(5)70-65(91-66)42-60-49(4)47(2)38-53(88-60)28-31-56-48(3)39-55(87-56)33-35-79-36-34-59(95-79)72-73(85-15)74(96-79)71-58(92-72)32-29-54(89-71)41-68(83)94-70/h22,24,26,46-47,50-67,69-74,82H,1,3-4,23,25,27-45H2,2,5-21H3,(H,80,84)/b26-24+/t47-,50+,51?,52?,53+,54-,55+,56+,57+,58+,59+,60-,61-,62+,63?,64-,65+,66+,67-,69+,70-,71+,72+,73-,74+,79+/m1/s1. The van der Waals surface area contributed by atoms with E-state index in [4.69, 9.17) is 70.1 Å². The minimum absolute atomic E-state index is 0.00866. The molecule has 102 heavy (non-hydrogen) atoms. The second kappa shape index (κ2) is 33.3. The smallest absolute Gasteiger partial charge is 0.407 e. The van der Waals surface area contributed by atoms with Crippen molar-refractivity contribution in [3.05, 3.63) is 49.1 Å². The zero-order valence-electron chi connectivity index (χ0n) is 65.5. The van der Waals surface area contributed by atoms with Crippen LogP contribution in [0.25, 0.3) is 0 Å². The van der Waals surface area contributed by atoms with Crippen molar-refractivity contribution >= 4 is 43.3 Å². The van der Waals surface area contributed by atoms with Crippen LogP contribution < -0.4 is 5.32 Å². The number of aliphatic hydroxyl groups is 1. The monoisotopic (exact) mass is 1480 g/mol. The number of carbonyl (C=O) groups is 3. The second-order valence-corrected chi connectivity index (χ2v) is 50.9. The van der Waals surface area contributed by atoms with Gasteiger partial charge in [-0.1, -0.05) is 114 Å². The molecule has 0 aromatic carbocycles. The van der Waals surface area contributed by atoms with E-state index in [0.717, 1.165) is 62.4 Å². The summed E-state index contributed by atoms with van der Waals surface area (Å²) < 4.78 is 104. The highest BCUT2D eigenvalue weighted by atomic mass is 28.4. The maximum absolute atomic E-state index is 14.9. The number of amides is 1. The Kier molecular flexibility index (Phi) is 26.8. The molecule has 20 nitrogen and oxygen atoms in total. The Bertz CT molecular complexity index is 2890. The van der Waals surface area contributed by atoms with Gasteiger partial charge in [-0.15, -0.1) is 0 Å². The molecule has 10 fully saturated rings. The van der Waals surface area contributed by atoms with E-state index in [1.807, 2.05) is 12.2 Å². The largest absolute Gasteiger partial charge is 0.459 e. The molecular formula is C79H133NO19Si3. The predicted octanol–water partition coefficient (Wildman–Crippen LogP) is 14.4. The van der Waals surface area contributed by atoms with Crippen LogP contribution >= 0.6 is 0 Å². The third-order valence-electron chi connectivity index (χ3n) is 26.0. The molecule has 580 valence electrons. The molecule has 10 bridgehead atoms. The summed E-state index contributed by atoms with van der Waals surface area (Å²) in [5, 5.41) is 14.8. The van der Waals surface area contributed by atoms with Crippen LogP contribution in [-0.2, 0) is 79.7 Å². The van der Waals surface area contributed by atoms with Crippen LogP contribution in [0, 0.1) is 17.8 Å². The average Bonchev–Trinajstić information content (AvgIpc) is 1.40. The van der Waals surface area contributed by atoms with Gasteiger partial charge in [-0.2, -0.15) is 0 Å². The first kappa shape index (κ1) is 82.0. The van der Waals surface area contributed by atoms with Gasteiger partial charge >= 0.3 is 12.1 Å². The lowest BCUT2D eigenvalue weighted by molar-refractivity contribution is -0.303. The Hall–Kier alpha value is -2.54. The number of fused-ring (bicyclic) bond motifs is 10. The molecule has 1 amide bonds. The Morgan fingerprint density at radius 3 is 1.93 bits per heavy atom. The number of hydrogen-bond acceptors (Lipinski definition) is 19. The summed E-state index contributed by atoms with van der Waals surface area (Å²) in [6.45, 7) is 50.9. The Morgan fingerprint density at radius 1 is 0.647 bits per heavy atom. The molecule has 0 radical (unpaired) electrons. The van der Waals surface area contributed by atoms with Gasteiger partial charge in [0, 0.05) is 64.0 Å². The van der Waals surface area contributed by atoms with Gasteiger partial charge in [-0.25, -0.2) is 4.79 Å². The Balaban J connectivity index is 0.844. The van der Waals surface area contributed by atoms with Crippen LogP contribution in [0.3, 0.4) is 0 Å². The van der Waals surface area contributed by atoms with Crippen LogP contribution in [0.2, 0.25) is 54.4 Å². The maximum atomic E-state index is 14.9. The molecule has 10 aliphatic heterocycles. The van der Waals surface area contributed by atoms with Crippen LogP contribution in [0.4, 0.5) is 4.79 Å². The van der Waals surface area contributed by atoms with Crippen molar-refractivity contribution < 1.29 is 89.6 Å². The number of methoxy groups -OCH3 is 1. The molecular weight excluding hydrogens is 1350 g/mol. The molecule has 23 heteroatoms. The summed E-state index contributed by atoms with van der Waals surface area (Å²) in [5.41, 5.74) is 2.11. The highest BCUT2D eigenvalue weighted by Crippen LogP contribution is 2.52. The lowest BCUT2D eigenvalue weighted by atomic mass is 9.79. The van der Waals surface area contributed by atoms with Crippen molar-refractivity contribution in [1.82, 2.24) is 5.32 Å². The van der Waals surface area contributed by atoms with E-state index in [2.05, 4.69) is 140 Å². The summed E-state index contributed by atoms with van der Waals surface area (Å²) >= 11 is 0. The van der Waals surface area contributed by atoms with E-state index in [1.165, 1.54) is 6.08 Å². The minimum Gasteiger partial charge on any atom is -0.459 e. The first-order valence-electron chi connectivity index (χ1n) is 39.2. The molecule has 10 rings (SSSR count). The molecule has 2 N–H and O–H groups in total. The molecule has 3 unspecified atom stereocenters. The van der Waals surface area contributed by atoms with E-state index >= 15 is 0 Å². The zero-order valence-corrected chi connectivity index (χ0v) is 68.5. The highest BCUT2D eigenvalue weighted by molar-refractivity contribution is 6.75. The van der Waals surface area contributed by atoms with Crippen LogP contribution in [-0.4, -0.2) is 209 Å². The number of rotatable bonds is 21. The number of ether oxygens (including phenoxy) is 12. The molecule has 0 aromatic rings. The fourth-order valence-corrected chi connectivity index (χ4v) is 20.9. The molecule has 0 aliphatic carbocycles. The third-order valence-corrected chi connectivity index (χ3v) is 39.6. The van der Waals surface area contributed by atoms with Crippen LogP contribution in [0.5, 0.6) is 0 Å². The normalized spacial score (nSPS) is 39.5. The summed E-state index contributed by atoms with van der Waals surface area (Å²) in [6, 6.07) is 0. The van der Waals surface area contributed by atoms with E-state index in [0.29, 0.717) is 64.2 Å². The predicted molar refractivity (Wildman–Crippen MR) is 399 cm³/mol. The summed E-state index contributed by atoms with van der Waals surface area (Å²) in [4.78, 5) is 40.7. The Labute approximate surface area is 614 Å². The minimum atomic E-state index is -2.45. The second-order valence-electron chi connectivity index (χ2n) is 36.6. The number of aliphatic hydroxyl groups excluding tert-OH is 1. The van der Waals surface area contributed by atoms with Crippen molar-refractivity contribution in [3.8, 4) is 0 Å². The molecule has 26 atom stereocenters. The highest BCUT2D eigenvalue weighted by Gasteiger charge is 2.62. The van der Waals surface area contributed by atoms with Crippen molar-refractivity contribution in [2.75, 3.05) is 20.3 Å². The quantitative estimate of drug-likeness (QED) is 0.0472. The molecule has 10 heterocycles. The first-order valence-corrected chi connectivity index (χ1v) is 47.9. The average molecular weight is 1490 g/mol. The van der Waals surface area contributed by atoms with Gasteiger partial charge < -0.3 is 85.3 Å². The molecule has 10 aliphatic rings. The number of alkyl carbamates (subject to hydrolysis) is 1. The number of allylic oxidation sites excluding steroid dienone is 1. The zero-order chi connectivity index (χ0) is 74.2. The van der Waals surface area contributed by atoms with Crippen LogP contribution in [0.15, 0.2) is 49.1 Å². The van der Waals surface area contributed by atoms with Crippen molar-refractivity contribution in [2.24, 2.45) is 17.8 Å². The molecule has 0 aromatic heterocycles. The Morgan fingerprint density at radius 2 is 1.27 bits per heavy atom. The number of esters is 1. The number of hydrogen-bond donors (Lipinski definition) is 2. The lowest BCUT2D eigenvalue weighted by Gasteiger charge is -2.53. The SMILES string of the molecule is C=CCOC(=O)NC[C@H]1O[C@@H](CCC(C=O)CC/C=C/C(O)C[C@H]2O[C@H]3[C@H](C)[C@H]4OC(=O)C[C@H]5CC[C@@H]6O[C@@H]7[C@@H](OC)[C@@H](O[C@@]8(CC[C@H]9CC(=C)[C@H](CC[C@H]%10C[C@@H](C)C(=C)[C@@H](C[C@@H]4O[C@H]3CC2O[Si](C)(C)C(C)(C)C)O%10)O9)CC[C@@H]7O8)[C@H]6O5)[C@@H](O[Si](C)(C)C(C)(C)C)C[C@H]1O[Si](C)(C)C(C)(C)C. The van der Waals surface area contributed by atoms with Gasteiger partial charge in [0.2, 0.25) is 0 Å². The van der Waals surface area contributed by atoms with Crippen molar-refractivity contribution in [1.29, 1.82) is 0 Å². The number of carbonyl (C=O) groups excluding carboxylic acids is 3. The van der Waals surface area contributed by atoms with Crippen LogP contribution in [0.1, 0.15) is 198 Å². The van der Waals surface area contributed by atoms with Crippen molar-refractivity contribution in [3.63, 3.8) is 0 Å². The van der Waals surface area contributed by atoms with Crippen molar-refractivity contribution in [2.45, 2.75) is 393 Å². The molecule has 10 saturated heterocycles. The van der Waals surface area contributed by atoms with Gasteiger partial charge in [0.25, 0.3) is 0 Å². The van der Waals surface area contributed by atoms with E-state index in [-0.39, 0.29) is 126 Å². The fraction of sp³-hybridized carbons (Fsp3) is 0.861. The summed E-state index contributed by atoms with van der Waals surface area (Å²) in [6.07, 6.45) is 8.55. The fourth-order valence-electron chi connectivity index (χ4n) is 16.8. The summed E-state index contributed by atoms with van der Waals surface area (Å²) in [5.74, 6) is -1.69. The topological polar surface area (TPSA) is 222 Å². The number of nitrogens with one attached hydrogen (secondary N) is 1. The first-order chi connectivity index (χ1) is 47.8. The maximum Gasteiger partial charge on any atom is 0.407 e. The summed E-state index contributed by atoms with van der Waals surface area (Å²) in [7, 11) is -5.40. The van der Waals surface area contributed by atoms with Gasteiger partial charge in [-0.05, 0) is 149 Å². The number of aldehydes is 1. The van der Waals surface area contributed by atoms with Gasteiger partial charge in [0.05, 0.1) is 104 Å². The van der Waals surface area contributed by atoms with Gasteiger partial charge in [0.1, 0.15) is 49.5 Å². The molecule has 1 spiro atoms. The third kappa shape index (κ3) is 19.4. The lowest BCUT2D eigenvalue weighted by Crippen LogP contribution is -2.64. The molecule has 0 saturated carbocycles. The van der Waals surface area contributed by atoms with Gasteiger partial charge in [-0.3, -0.25) is 4.79 Å². The van der Waals surface area contributed by atoms with E-state index < -0.39 is 110 Å². The van der Waals surface area contributed by atoms with E-state index in [1.54, 1.807) is 7.11 Å². The van der Waals surface area contributed by atoms with E-state index in [9.17, 15) is 19.5 Å². The van der Waals surface area contributed by atoms with Gasteiger partial charge in [0.15, 0.2) is 30.7 Å².